The van der Waals surface area contributed by atoms with Gasteiger partial charge in [-0.1, -0.05) is 45.6 Å². The lowest BCUT2D eigenvalue weighted by atomic mass is 9.94. The van der Waals surface area contributed by atoms with Crippen LogP contribution in [-0.4, -0.2) is 20.5 Å². The van der Waals surface area contributed by atoms with Crippen molar-refractivity contribution in [2.45, 2.75) is 46.0 Å². The van der Waals surface area contributed by atoms with E-state index in [-0.39, 0.29) is 0 Å². The van der Waals surface area contributed by atoms with E-state index in [2.05, 4.69) is 26.5 Å². The van der Waals surface area contributed by atoms with Gasteiger partial charge in [0, 0.05) is 7.11 Å². The third-order valence-corrected chi connectivity index (χ3v) is 4.37. The van der Waals surface area contributed by atoms with Gasteiger partial charge in [-0.2, -0.15) is 0 Å². The zero-order chi connectivity index (χ0) is 12.7. The summed E-state index contributed by atoms with van der Waals surface area (Å²) in [7, 11) is 1.67. The Kier molecular flexibility index (Phi) is 6.21. The molecule has 0 amide bonds. The lowest BCUT2D eigenvalue weighted by Crippen LogP contribution is -2.07. The van der Waals surface area contributed by atoms with E-state index in [1.807, 2.05) is 0 Å². The number of ether oxygens (including phenoxy) is 2. The summed E-state index contributed by atoms with van der Waals surface area (Å²) in [5, 5.41) is 0. The molecule has 1 saturated carbocycles. The van der Waals surface area contributed by atoms with Crippen LogP contribution in [0.15, 0.2) is 12.7 Å². The van der Waals surface area contributed by atoms with Gasteiger partial charge in [0.1, 0.15) is 6.79 Å². The first-order chi connectivity index (χ1) is 8.22. The van der Waals surface area contributed by atoms with E-state index in [4.69, 9.17) is 9.47 Å². The molecular formula is C15H28O2. The Labute approximate surface area is 106 Å². The van der Waals surface area contributed by atoms with Crippen molar-refractivity contribution in [1.29, 1.82) is 0 Å². The van der Waals surface area contributed by atoms with E-state index >= 15 is 0 Å². The maximum atomic E-state index is 5.49. The van der Waals surface area contributed by atoms with Crippen molar-refractivity contribution in [2.75, 3.05) is 20.5 Å². The molecule has 0 aromatic rings. The van der Waals surface area contributed by atoms with E-state index in [0.717, 1.165) is 12.5 Å². The van der Waals surface area contributed by atoms with Crippen molar-refractivity contribution in [3.8, 4) is 0 Å². The van der Waals surface area contributed by atoms with Crippen molar-refractivity contribution >= 4 is 0 Å². The molecule has 1 fully saturated rings. The molecule has 17 heavy (non-hydrogen) atoms. The zero-order valence-corrected chi connectivity index (χ0v) is 11.7. The summed E-state index contributed by atoms with van der Waals surface area (Å²) in [5.74, 6) is 1.37. The molecule has 2 nitrogen and oxygen atoms in total. The van der Waals surface area contributed by atoms with Gasteiger partial charge < -0.3 is 9.47 Å². The Bertz CT molecular complexity index is 227. The minimum absolute atomic E-state index is 0.349. The summed E-state index contributed by atoms with van der Waals surface area (Å²) in [6.45, 7) is 9.84. The normalized spacial score (nSPS) is 31.5. The first-order valence-corrected chi connectivity index (χ1v) is 6.93. The second-order valence-electron chi connectivity index (χ2n) is 5.30. The molecule has 0 aliphatic heterocycles. The second-order valence-corrected chi connectivity index (χ2v) is 5.30. The summed E-state index contributed by atoms with van der Waals surface area (Å²) >= 11 is 0. The Morgan fingerprint density at radius 2 is 2.06 bits per heavy atom. The van der Waals surface area contributed by atoms with Gasteiger partial charge in [-0.05, 0) is 23.7 Å². The van der Waals surface area contributed by atoms with Crippen LogP contribution in [0.3, 0.4) is 0 Å². The van der Waals surface area contributed by atoms with Crippen molar-refractivity contribution in [3.63, 3.8) is 0 Å². The SMILES string of the molecule is C=C[C@@]1(CCCCCC)C(C)[C@H]1COCOC. The topological polar surface area (TPSA) is 18.5 Å². The number of methoxy groups -OCH3 is 1. The van der Waals surface area contributed by atoms with Crippen LogP contribution in [0.2, 0.25) is 0 Å². The highest BCUT2D eigenvalue weighted by Crippen LogP contribution is 2.62. The highest BCUT2D eigenvalue weighted by molar-refractivity contribution is 5.17. The van der Waals surface area contributed by atoms with E-state index in [1.165, 1.54) is 32.1 Å². The van der Waals surface area contributed by atoms with E-state index in [9.17, 15) is 0 Å². The summed E-state index contributed by atoms with van der Waals surface area (Å²) < 4.78 is 10.4. The van der Waals surface area contributed by atoms with Crippen LogP contribution in [0.25, 0.3) is 0 Å². The van der Waals surface area contributed by atoms with E-state index < -0.39 is 0 Å². The minimum Gasteiger partial charge on any atom is -0.359 e. The van der Waals surface area contributed by atoms with Gasteiger partial charge in [0.15, 0.2) is 0 Å². The zero-order valence-electron chi connectivity index (χ0n) is 11.7. The highest BCUT2D eigenvalue weighted by Gasteiger charge is 2.58. The molecule has 0 aromatic carbocycles. The average molecular weight is 240 g/mol. The second kappa shape index (κ2) is 7.17. The smallest absolute Gasteiger partial charge is 0.146 e. The lowest BCUT2D eigenvalue weighted by Gasteiger charge is -2.13. The highest BCUT2D eigenvalue weighted by atomic mass is 16.7. The Morgan fingerprint density at radius 3 is 2.65 bits per heavy atom. The predicted molar refractivity (Wildman–Crippen MR) is 71.9 cm³/mol. The first kappa shape index (κ1) is 14.7. The number of hydrogen-bond acceptors (Lipinski definition) is 2. The molecule has 100 valence electrons. The third-order valence-electron chi connectivity index (χ3n) is 4.37. The van der Waals surface area contributed by atoms with E-state index in [1.54, 1.807) is 7.11 Å². The summed E-state index contributed by atoms with van der Waals surface area (Å²) in [5.41, 5.74) is 0.349. The average Bonchev–Trinajstić information content (AvgIpc) is 2.90. The largest absolute Gasteiger partial charge is 0.359 e. The fourth-order valence-corrected chi connectivity index (χ4v) is 3.02. The van der Waals surface area contributed by atoms with Crippen molar-refractivity contribution in [3.05, 3.63) is 12.7 Å². The van der Waals surface area contributed by atoms with Crippen LogP contribution in [0.4, 0.5) is 0 Å². The monoisotopic (exact) mass is 240 g/mol. The molecule has 1 unspecified atom stereocenters. The Balaban J connectivity index is 2.29. The molecule has 0 saturated heterocycles. The fourth-order valence-electron chi connectivity index (χ4n) is 3.02. The number of hydrogen-bond donors (Lipinski definition) is 0. The molecule has 3 atom stereocenters. The molecule has 0 radical (unpaired) electrons. The van der Waals surface area contributed by atoms with Crippen LogP contribution in [0.1, 0.15) is 46.0 Å². The van der Waals surface area contributed by atoms with Gasteiger partial charge in [0.25, 0.3) is 0 Å². The molecule has 0 spiro atoms. The number of allylic oxidation sites excluding steroid dienone is 1. The van der Waals surface area contributed by atoms with Gasteiger partial charge >= 0.3 is 0 Å². The van der Waals surface area contributed by atoms with Crippen LogP contribution < -0.4 is 0 Å². The molecule has 0 bridgehead atoms. The summed E-state index contributed by atoms with van der Waals surface area (Å²) in [6, 6.07) is 0. The molecule has 0 heterocycles. The van der Waals surface area contributed by atoms with Crippen LogP contribution in [-0.2, 0) is 9.47 Å². The molecule has 1 aliphatic rings. The van der Waals surface area contributed by atoms with Crippen LogP contribution >= 0.6 is 0 Å². The number of rotatable bonds is 10. The van der Waals surface area contributed by atoms with Gasteiger partial charge in [-0.25, -0.2) is 0 Å². The van der Waals surface area contributed by atoms with Crippen LogP contribution in [0.5, 0.6) is 0 Å². The maximum absolute atomic E-state index is 5.49. The summed E-state index contributed by atoms with van der Waals surface area (Å²) in [4.78, 5) is 0. The molecule has 1 rings (SSSR count). The fraction of sp³-hybridized carbons (Fsp3) is 0.867. The Hall–Kier alpha value is -0.340. The van der Waals surface area contributed by atoms with Gasteiger partial charge in [-0.15, -0.1) is 6.58 Å². The molecule has 1 aliphatic carbocycles. The van der Waals surface area contributed by atoms with Crippen molar-refractivity contribution in [2.24, 2.45) is 17.3 Å². The van der Waals surface area contributed by atoms with Crippen molar-refractivity contribution < 1.29 is 9.47 Å². The maximum Gasteiger partial charge on any atom is 0.146 e. The quantitative estimate of drug-likeness (QED) is 0.326. The first-order valence-electron chi connectivity index (χ1n) is 6.93. The van der Waals surface area contributed by atoms with E-state index in [0.29, 0.717) is 18.1 Å². The Morgan fingerprint density at radius 1 is 1.29 bits per heavy atom. The lowest BCUT2D eigenvalue weighted by molar-refractivity contribution is -0.0374. The van der Waals surface area contributed by atoms with Gasteiger partial charge in [0.2, 0.25) is 0 Å². The summed E-state index contributed by atoms with van der Waals surface area (Å²) in [6.07, 6.45) is 8.78. The molecule has 0 N–H and O–H groups in total. The molecular weight excluding hydrogens is 212 g/mol. The predicted octanol–water partition coefficient (Wildman–Crippen LogP) is 4.02. The van der Waals surface area contributed by atoms with Crippen LogP contribution in [0, 0.1) is 17.3 Å². The number of unbranched alkanes of at least 4 members (excludes halogenated alkanes) is 3. The van der Waals surface area contributed by atoms with Gasteiger partial charge in [-0.3, -0.25) is 0 Å². The van der Waals surface area contributed by atoms with Crippen molar-refractivity contribution in [1.82, 2.24) is 0 Å². The third kappa shape index (κ3) is 3.56. The van der Waals surface area contributed by atoms with Gasteiger partial charge in [0.05, 0.1) is 6.61 Å². The molecule has 2 heteroatoms. The standard InChI is InChI=1S/C15H28O2/c1-5-7-8-9-10-15(6-2)13(3)14(15)11-17-12-16-4/h6,13-14H,2,5,7-12H2,1,3-4H3/t13?,14-,15-/m1/s1. The molecule has 0 aromatic heterocycles. The minimum atomic E-state index is 0.349.